The van der Waals surface area contributed by atoms with Crippen molar-refractivity contribution in [3.63, 3.8) is 0 Å². The Kier molecular flexibility index (Phi) is 5.64. The van der Waals surface area contributed by atoms with E-state index in [1.807, 2.05) is 45.0 Å². The minimum absolute atomic E-state index is 0.113. The number of hydrogen-bond acceptors (Lipinski definition) is 2. The molecular weight excluding hydrogens is 366 g/mol. The summed E-state index contributed by atoms with van der Waals surface area (Å²) in [6, 6.07) is 7.55. The Bertz CT molecular complexity index is 669. The van der Waals surface area contributed by atoms with E-state index < -0.39 is 0 Å². The largest absolute Gasteiger partial charge is 0.333 e. The third-order valence-electron chi connectivity index (χ3n) is 3.50. The first kappa shape index (κ1) is 17.0. The van der Waals surface area contributed by atoms with E-state index in [0.717, 1.165) is 15.7 Å². The van der Waals surface area contributed by atoms with Crippen molar-refractivity contribution in [3.8, 4) is 0 Å². The van der Waals surface area contributed by atoms with Gasteiger partial charge in [-0.3, -0.25) is 9.89 Å². The average molecular weight is 385 g/mol. The van der Waals surface area contributed by atoms with Gasteiger partial charge in [-0.1, -0.05) is 43.6 Å². The van der Waals surface area contributed by atoms with E-state index in [2.05, 4.69) is 26.1 Å². The number of nitrogens with one attached hydrogen (secondary N) is 1. The van der Waals surface area contributed by atoms with Crippen molar-refractivity contribution >= 4 is 33.4 Å². The summed E-state index contributed by atoms with van der Waals surface area (Å²) in [5.41, 5.74) is 2.27. The molecule has 0 aliphatic carbocycles. The summed E-state index contributed by atoms with van der Waals surface area (Å²) < 4.78 is 0.741. The number of amides is 1. The van der Waals surface area contributed by atoms with Crippen molar-refractivity contribution in [1.82, 2.24) is 15.1 Å². The molecule has 0 radical (unpaired) electrons. The molecule has 1 aromatic heterocycles. The number of carbonyl (C=O) groups excluding carboxylic acids is 1. The zero-order valence-corrected chi connectivity index (χ0v) is 15.2. The second-order valence-corrected chi connectivity index (χ2v) is 6.57. The summed E-state index contributed by atoms with van der Waals surface area (Å²) in [5.74, 6) is 0.152. The maximum Gasteiger partial charge on any atom is 0.275 e. The van der Waals surface area contributed by atoms with E-state index in [1.165, 1.54) is 0 Å². The Labute approximate surface area is 144 Å². The molecular formula is C16H19BrClN3O. The lowest BCUT2D eigenvalue weighted by Gasteiger charge is -2.20. The van der Waals surface area contributed by atoms with Crippen LogP contribution in [0.25, 0.3) is 0 Å². The third kappa shape index (κ3) is 3.52. The SMILES string of the molecule is CCN(Cc1ccccc1Cl)C(=O)c1n[nH]c(C(C)C)c1Br. The molecule has 0 aliphatic rings. The second kappa shape index (κ2) is 7.29. The van der Waals surface area contributed by atoms with Crippen LogP contribution in [0.2, 0.25) is 5.02 Å². The number of rotatable bonds is 5. The Morgan fingerprint density at radius 1 is 1.41 bits per heavy atom. The van der Waals surface area contributed by atoms with Gasteiger partial charge in [-0.05, 0) is 40.4 Å². The van der Waals surface area contributed by atoms with Gasteiger partial charge < -0.3 is 4.90 Å². The molecule has 0 fully saturated rings. The van der Waals surface area contributed by atoms with Crippen LogP contribution in [0.1, 0.15) is 48.4 Å². The average Bonchev–Trinajstić information content (AvgIpc) is 2.87. The summed E-state index contributed by atoms with van der Waals surface area (Å²) in [4.78, 5) is 14.4. The molecule has 0 atom stereocenters. The van der Waals surface area contributed by atoms with E-state index >= 15 is 0 Å². The van der Waals surface area contributed by atoms with Crippen LogP contribution in [0.5, 0.6) is 0 Å². The highest BCUT2D eigenvalue weighted by molar-refractivity contribution is 9.10. The Morgan fingerprint density at radius 2 is 2.09 bits per heavy atom. The van der Waals surface area contributed by atoms with Crippen LogP contribution in [0, 0.1) is 0 Å². The highest BCUT2D eigenvalue weighted by Gasteiger charge is 2.23. The fourth-order valence-electron chi connectivity index (χ4n) is 2.18. The van der Waals surface area contributed by atoms with Crippen LogP contribution in [-0.2, 0) is 6.54 Å². The normalized spacial score (nSPS) is 11.0. The van der Waals surface area contributed by atoms with Crippen molar-refractivity contribution in [2.24, 2.45) is 0 Å². The van der Waals surface area contributed by atoms with Crippen molar-refractivity contribution in [1.29, 1.82) is 0 Å². The molecule has 1 N–H and O–H groups in total. The molecule has 1 aromatic carbocycles. The first-order valence-corrected chi connectivity index (χ1v) is 8.39. The van der Waals surface area contributed by atoms with E-state index in [1.54, 1.807) is 4.90 Å². The topological polar surface area (TPSA) is 49.0 Å². The van der Waals surface area contributed by atoms with Crippen LogP contribution in [0.4, 0.5) is 0 Å². The Hall–Kier alpha value is -1.33. The molecule has 1 heterocycles. The van der Waals surface area contributed by atoms with Gasteiger partial charge in [0, 0.05) is 18.1 Å². The summed E-state index contributed by atoms with van der Waals surface area (Å²) in [6.07, 6.45) is 0. The maximum atomic E-state index is 12.7. The summed E-state index contributed by atoms with van der Waals surface area (Å²) in [5, 5.41) is 7.78. The number of H-pyrrole nitrogens is 1. The number of carbonyl (C=O) groups is 1. The molecule has 2 rings (SSSR count). The third-order valence-corrected chi connectivity index (χ3v) is 4.67. The van der Waals surface area contributed by atoms with Gasteiger partial charge in [0.05, 0.1) is 10.2 Å². The molecule has 1 amide bonds. The molecule has 0 aliphatic heterocycles. The van der Waals surface area contributed by atoms with Gasteiger partial charge in [0.25, 0.3) is 5.91 Å². The summed E-state index contributed by atoms with van der Waals surface area (Å²) in [7, 11) is 0. The van der Waals surface area contributed by atoms with Gasteiger partial charge in [-0.15, -0.1) is 0 Å². The Balaban J connectivity index is 2.24. The van der Waals surface area contributed by atoms with E-state index in [9.17, 15) is 4.79 Å². The minimum Gasteiger partial charge on any atom is -0.333 e. The fourth-order valence-corrected chi connectivity index (χ4v) is 3.18. The highest BCUT2D eigenvalue weighted by atomic mass is 79.9. The number of aromatic amines is 1. The van der Waals surface area contributed by atoms with Crippen molar-refractivity contribution < 1.29 is 4.79 Å². The van der Waals surface area contributed by atoms with Gasteiger partial charge in [-0.2, -0.15) is 5.10 Å². The lowest BCUT2D eigenvalue weighted by Crippen LogP contribution is -2.31. The van der Waals surface area contributed by atoms with Crippen LogP contribution in [0.15, 0.2) is 28.7 Å². The molecule has 22 heavy (non-hydrogen) atoms. The molecule has 2 aromatic rings. The number of nitrogens with zero attached hydrogens (tertiary/aromatic N) is 2. The van der Waals surface area contributed by atoms with Gasteiger partial charge in [0.1, 0.15) is 0 Å². The molecule has 0 spiro atoms. The zero-order chi connectivity index (χ0) is 16.3. The van der Waals surface area contributed by atoms with Crippen molar-refractivity contribution in [2.75, 3.05) is 6.54 Å². The number of hydrogen-bond donors (Lipinski definition) is 1. The monoisotopic (exact) mass is 383 g/mol. The summed E-state index contributed by atoms with van der Waals surface area (Å²) >= 11 is 9.67. The Morgan fingerprint density at radius 3 is 2.64 bits per heavy atom. The highest BCUT2D eigenvalue weighted by Crippen LogP contribution is 2.27. The maximum absolute atomic E-state index is 12.7. The standard InChI is InChI=1S/C16H19BrClN3O/c1-4-21(9-11-7-5-6-8-12(11)18)16(22)15-13(17)14(10(2)3)19-20-15/h5-8,10H,4,9H2,1-3H3,(H,19,20). The molecule has 0 bridgehead atoms. The lowest BCUT2D eigenvalue weighted by atomic mass is 10.1. The first-order chi connectivity index (χ1) is 10.5. The fraction of sp³-hybridized carbons (Fsp3) is 0.375. The van der Waals surface area contributed by atoms with Gasteiger partial charge in [0.2, 0.25) is 0 Å². The van der Waals surface area contributed by atoms with E-state index in [-0.39, 0.29) is 11.8 Å². The predicted octanol–water partition coefficient (Wildman–Crippen LogP) is 4.61. The molecule has 0 saturated carbocycles. The molecule has 0 saturated heterocycles. The van der Waals surface area contributed by atoms with Crippen LogP contribution >= 0.6 is 27.5 Å². The number of aromatic nitrogens is 2. The van der Waals surface area contributed by atoms with Crippen LogP contribution in [0.3, 0.4) is 0 Å². The zero-order valence-electron chi connectivity index (χ0n) is 12.9. The predicted molar refractivity (Wildman–Crippen MR) is 92.2 cm³/mol. The van der Waals surface area contributed by atoms with Crippen LogP contribution < -0.4 is 0 Å². The molecule has 0 unspecified atom stereocenters. The minimum atomic E-state index is -0.113. The quantitative estimate of drug-likeness (QED) is 0.818. The van der Waals surface area contributed by atoms with Gasteiger partial charge in [0.15, 0.2) is 5.69 Å². The van der Waals surface area contributed by atoms with Crippen LogP contribution in [-0.4, -0.2) is 27.5 Å². The molecule has 4 nitrogen and oxygen atoms in total. The second-order valence-electron chi connectivity index (χ2n) is 5.37. The number of halogens is 2. The van der Waals surface area contributed by atoms with Crippen molar-refractivity contribution in [3.05, 3.63) is 50.7 Å². The molecule has 6 heteroatoms. The van der Waals surface area contributed by atoms with E-state index in [0.29, 0.717) is 23.8 Å². The smallest absolute Gasteiger partial charge is 0.275 e. The number of benzene rings is 1. The first-order valence-electron chi connectivity index (χ1n) is 7.22. The van der Waals surface area contributed by atoms with E-state index in [4.69, 9.17) is 11.6 Å². The lowest BCUT2D eigenvalue weighted by molar-refractivity contribution is 0.0745. The van der Waals surface area contributed by atoms with Gasteiger partial charge in [-0.25, -0.2) is 0 Å². The summed E-state index contributed by atoms with van der Waals surface area (Å²) in [6.45, 7) is 7.09. The van der Waals surface area contributed by atoms with Gasteiger partial charge >= 0.3 is 0 Å². The molecule has 118 valence electrons. The van der Waals surface area contributed by atoms with Crippen molar-refractivity contribution in [2.45, 2.75) is 33.2 Å².